The fourth-order valence-corrected chi connectivity index (χ4v) is 2.91. The average molecular weight is 311 g/mol. The first-order valence-corrected chi connectivity index (χ1v) is 8.02. The summed E-state index contributed by atoms with van der Waals surface area (Å²) in [5.41, 5.74) is 6.23. The summed E-state index contributed by atoms with van der Waals surface area (Å²) in [6, 6.07) is 11.1. The van der Waals surface area contributed by atoms with Crippen LogP contribution in [0.2, 0.25) is 0 Å². The van der Waals surface area contributed by atoms with E-state index >= 15 is 0 Å². The SMILES string of the molecule is Nc1ccc(S(=O)(=O)Nc2ccc(S(=O)[O-])cc2)cc1. The molecule has 1 unspecified atom stereocenters. The zero-order valence-corrected chi connectivity index (χ0v) is 11.8. The van der Waals surface area contributed by atoms with E-state index in [1.54, 1.807) is 0 Å². The first-order chi connectivity index (χ1) is 9.38. The third kappa shape index (κ3) is 3.35. The second kappa shape index (κ2) is 5.61. The predicted octanol–water partition coefficient (Wildman–Crippen LogP) is 1.31. The maximum atomic E-state index is 12.1. The van der Waals surface area contributed by atoms with Crippen LogP contribution in [0.3, 0.4) is 0 Å². The molecule has 0 radical (unpaired) electrons. The summed E-state index contributed by atoms with van der Waals surface area (Å²) < 4.78 is 47.9. The Morgan fingerprint density at radius 1 is 1.00 bits per heavy atom. The minimum absolute atomic E-state index is 0.0724. The van der Waals surface area contributed by atoms with Gasteiger partial charge in [0.25, 0.3) is 10.0 Å². The van der Waals surface area contributed by atoms with Crippen molar-refractivity contribution in [2.75, 3.05) is 10.5 Å². The lowest BCUT2D eigenvalue weighted by Crippen LogP contribution is -2.12. The summed E-state index contributed by atoms with van der Waals surface area (Å²) in [4.78, 5) is 0.156. The van der Waals surface area contributed by atoms with Gasteiger partial charge in [-0.3, -0.25) is 8.93 Å². The van der Waals surface area contributed by atoms with Crippen LogP contribution in [0.5, 0.6) is 0 Å². The minimum atomic E-state index is -3.72. The Kier molecular flexibility index (Phi) is 4.07. The van der Waals surface area contributed by atoms with Crippen molar-refractivity contribution in [3.63, 3.8) is 0 Å². The van der Waals surface area contributed by atoms with Gasteiger partial charge >= 0.3 is 0 Å². The maximum absolute atomic E-state index is 12.1. The van der Waals surface area contributed by atoms with Gasteiger partial charge in [-0.25, -0.2) is 8.42 Å². The molecule has 0 saturated heterocycles. The van der Waals surface area contributed by atoms with Crippen LogP contribution in [0.15, 0.2) is 58.3 Å². The van der Waals surface area contributed by atoms with E-state index in [1.807, 2.05) is 0 Å². The number of benzene rings is 2. The molecule has 0 aliphatic rings. The Hall–Kier alpha value is -1.90. The molecule has 2 aromatic carbocycles. The number of sulfonamides is 1. The summed E-state index contributed by atoms with van der Waals surface area (Å²) >= 11 is -2.34. The quantitative estimate of drug-likeness (QED) is 0.653. The summed E-state index contributed by atoms with van der Waals surface area (Å²) in [5, 5.41) is 0. The number of nitrogens with one attached hydrogen (secondary N) is 1. The molecule has 0 fully saturated rings. The molecule has 20 heavy (non-hydrogen) atoms. The van der Waals surface area contributed by atoms with Crippen molar-refractivity contribution < 1.29 is 17.2 Å². The van der Waals surface area contributed by atoms with E-state index < -0.39 is 21.1 Å². The second-order valence-electron chi connectivity index (χ2n) is 3.93. The van der Waals surface area contributed by atoms with Crippen LogP contribution in [-0.2, 0) is 21.1 Å². The van der Waals surface area contributed by atoms with Crippen LogP contribution in [-0.4, -0.2) is 17.2 Å². The minimum Gasteiger partial charge on any atom is -0.768 e. The van der Waals surface area contributed by atoms with E-state index in [2.05, 4.69) is 4.72 Å². The third-order valence-corrected chi connectivity index (χ3v) is 4.54. The zero-order chi connectivity index (χ0) is 14.8. The number of rotatable bonds is 4. The van der Waals surface area contributed by atoms with Gasteiger partial charge in [0.2, 0.25) is 0 Å². The van der Waals surface area contributed by atoms with Gasteiger partial charge in [-0.05, 0) is 59.6 Å². The summed E-state index contributed by atoms with van der Waals surface area (Å²) in [6.07, 6.45) is 0. The molecule has 0 heterocycles. The highest BCUT2D eigenvalue weighted by molar-refractivity contribution is 7.92. The molecular weight excluding hydrogens is 300 g/mol. The molecule has 2 aromatic rings. The van der Waals surface area contributed by atoms with E-state index in [4.69, 9.17) is 5.73 Å². The van der Waals surface area contributed by atoms with Crippen LogP contribution in [0.4, 0.5) is 11.4 Å². The molecule has 2 rings (SSSR count). The van der Waals surface area contributed by atoms with Crippen molar-refractivity contribution in [2.24, 2.45) is 0 Å². The summed E-state index contributed by atoms with van der Waals surface area (Å²) in [6.45, 7) is 0. The largest absolute Gasteiger partial charge is 0.768 e. The molecule has 3 N–H and O–H groups in total. The van der Waals surface area contributed by atoms with Gasteiger partial charge in [0, 0.05) is 16.3 Å². The summed E-state index contributed by atoms with van der Waals surface area (Å²) in [7, 11) is -3.72. The average Bonchev–Trinajstić information content (AvgIpc) is 2.39. The molecule has 0 aliphatic heterocycles. The van der Waals surface area contributed by atoms with E-state index in [9.17, 15) is 17.2 Å². The van der Waals surface area contributed by atoms with Gasteiger partial charge in [-0.1, -0.05) is 0 Å². The van der Waals surface area contributed by atoms with E-state index in [1.165, 1.54) is 48.5 Å². The Balaban J connectivity index is 2.24. The number of hydrogen-bond donors (Lipinski definition) is 2. The lowest BCUT2D eigenvalue weighted by atomic mass is 10.3. The monoisotopic (exact) mass is 311 g/mol. The molecule has 0 aliphatic carbocycles. The van der Waals surface area contributed by atoms with Gasteiger partial charge in [0.05, 0.1) is 4.90 Å². The maximum Gasteiger partial charge on any atom is 0.261 e. The first-order valence-electron chi connectivity index (χ1n) is 5.46. The fraction of sp³-hybridized carbons (Fsp3) is 0. The van der Waals surface area contributed by atoms with Crippen LogP contribution >= 0.6 is 0 Å². The molecule has 0 bridgehead atoms. The Labute approximate surface area is 119 Å². The molecule has 0 spiro atoms. The topological polar surface area (TPSA) is 112 Å². The van der Waals surface area contributed by atoms with Crippen molar-refractivity contribution >= 4 is 32.5 Å². The van der Waals surface area contributed by atoms with Crippen molar-refractivity contribution in [3.8, 4) is 0 Å². The zero-order valence-electron chi connectivity index (χ0n) is 10.1. The standard InChI is InChI=1S/C12H12N2O4S2/c13-9-1-7-12(8-2-9)20(17,18)14-10-3-5-11(6-4-10)19(15)16/h1-8,14H,13H2,(H,15,16)/p-1. The molecule has 106 valence electrons. The molecule has 0 saturated carbocycles. The molecular formula is C12H11N2O4S2-. The van der Waals surface area contributed by atoms with Gasteiger partial charge in [0.1, 0.15) is 0 Å². The number of nitrogens with two attached hydrogens (primary N) is 1. The molecule has 0 amide bonds. The lowest BCUT2D eigenvalue weighted by molar-refractivity contribution is 0.537. The van der Waals surface area contributed by atoms with Gasteiger partial charge in [-0.2, -0.15) is 0 Å². The van der Waals surface area contributed by atoms with Crippen molar-refractivity contribution in [3.05, 3.63) is 48.5 Å². The van der Waals surface area contributed by atoms with Crippen molar-refractivity contribution in [2.45, 2.75) is 9.79 Å². The van der Waals surface area contributed by atoms with Crippen LogP contribution in [0.25, 0.3) is 0 Å². The molecule has 8 heteroatoms. The highest BCUT2D eigenvalue weighted by Gasteiger charge is 2.13. The van der Waals surface area contributed by atoms with E-state index in [0.717, 1.165) is 0 Å². The highest BCUT2D eigenvalue weighted by atomic mass is 32.2. The van der Waals surface area contributed by atoms with Crippen molar-refractivity contribution in [1.82, 2.24) is 0 Å². The molecule has 6 nitrogen and oxygen atoms in total. The second-order valence-corrected chi connectivity index (χ2v) is 6.56. The molecule has 1 atom stereocenters. The van der Waals surface area contributed by atoms with Gasteiger partial charge < -0.3 is 10.3 Å². The Morgan fingerprint density at radius 2 is 1.55 bits per heavy atom. The van der Waals surface area contributed by atoms with Crippen LogP contribution in [0, 0.1) is 0 Å². The number of anilines is 2. The smallest absolute Gasteiger partial charge is 0.261 e. The van der Waals surface area contributed by atoms with Crippen LogP contribution < -0.4 is 10.5 Å². The highest BCUT2D eigenvalue weighted by Crippen LogP contribution is 2.18. The predicted molar refractivity (Wildman–Crippen MR) is 75.3 cm³/mol. The first kappa shape index (κ1) is 14.5. The van der Waals surface area contributed by atoms with Gasteiger partial charge in [-0.15, -0.1) is 0 Å². The summed E-state index contributed by atoms with van der Waals surface area (Å²) in [5.74, 6) is 0. The normalized spacial score (nSPS) is 12.8. The third-order valence-electron chi connectivity index (χ3n) is 2.49. The van der Waals surface area contributed by atoms with Gasteiger partial charge in [0.15, 0.2) is 0 Å². The van der Waals surface area contributed by atoms with Crippen LogP contribution in [0.1, 0.15) is 0 Å². The van der Waals surface area contributed by atoms with E-state index in [0.29, 0.717) is 5.69 Å². The number of nitrogen functional groups attached to an aromatic ring is 1. The number of hydrogen-bond acceptors (Lipinski definition) is 5. The lowest BCUT2D eigenvalue weighted by Gasteiger charge is -2.10. The van der Waals surface area contributed by atoms with Crippen molar-refractivity contribution in [1.29, 1.82) is 0 Å². The molecule has 0 aromatic heterocycles. The Bertz CT molecular complexity index is 725. The fourth-order valence-electron chi connectivity index (χ4n) is 1.50. The van der Waals surface area contributed by atoms with E-state index in [-0.39, 0.29) is 15.5 Å². The Morgan fingerprint density at radius 3 is 2.05 bits per heavy atom.